The number of nitrogens with two attached hydrogens (primary N) is 1. The van der Waals surface area contributed by atoms with Gasteiger partial charge in [0.05, 0.1) is 6.04 Å². The van der Waals surface area contributed by atoms with Crippen molar-refractivity contribution in [2.75, 3.05) is 40.3 Å². The van der Waals surface area contributed by atoms with Crippen LogP contribution in [0.5, 0.6) is 0 Å². The molecule has 0 spiro atoms. The van der Waals surface area contributed by atoms with Crippen molar-refractivity contribution in [1.29, 1.82) is 0 Å². The molecule has 2 aliphatic rings. The van der Waals surface area contributed by atoms with Crippen molar-refractivity contribution >= 4 is 6.03 Å². The van der Waals surface area contributed by atoms with E-state index in [2.05, 4.69) is 11.9 Å². The van der Waals surface area contributed by atoms with Crippen molar-refractivity contribution in [2.45, 2.75) is 25.4 Å². The quantitative estimate of drug-likeness (QED) is 0.757. The Morgan fingerprint density at radius 2 is 2.12 bits per heavy atom. The molecule has 2 amide bonds. The Labute approximate surface area is 104 Å². The van der Waals surface area contributed by atoms with E-state index in [-0.39, 0.29) is 12.1 Å². The lowest BCUT2D eigenvalue weighted by Gasteiger charge is -2.23. The lowest BCUT2D eigenvalue weighted by Crippen LogP contribution is -2.38. The Morgan fingerprint density at radius 3 is 2.65 bits per heavy atom. The van der Waals surface area contributed by atoms with Gasteiger partial charge in [0.1, 0.15) is 0 Å². The number of hydrogen-bond donors (Lipinski definition) is 1. The molecule has 2 heterocycles. The van der Waals surface area contributed by atoms with E-state index in [0.717, 1.165) is 19.6 Å². The van der Waals surface area contributed by atoms with Crippen LogP contribution in [0.2, 0.25) is 0 Å². The Balaban J connectivity index is 1.98. The molecule has 0 radical (unpaired) electrons. The van der Waals surface area contributed by atoms with Crippen molar-refractivity contribution < 1.29 is 4.79 Å². The standard InChI is InChI=1S/C12H24N4O/c1-9(13)6-16-8-11(15(3)12(16)17)10-4-5-14(2)7-10/h9-11H,4-8,13H2,1-3H3. The van der Waals surface area contributed by atoms with E-state index in [1.807, 2.05) is 23.8 Å². The van der Waals surface area contributed by atoms with E-state index in [9.17, 15) is 4.79 Å². The van der Waals surface area contributed by atoms with Crippen LogP contribution in [-0.4, -0.2) is 73.1 Å². The van der Waals surface area contributed by atoms with Gasteiger partial charge in [-0.1, -0.05) is 0 Å². The van der Waals surface area contributed by atoms with Crippen molar-refractivity contribution in [3.05, 3.63) is 0 Å². The van der Waals surface area contributed by atoms with E-state index < -0.39 is 0 Å². The second-order valence-electron chi connectivity index (χ2n) is 5.65. The summed E-state index contributed by atoms with van der Waals surface area (Å²) >= 11 is 0. The molecule has 2 rings (SSSR count). The molecule has 2 fully saturated rings. The van der Waals surface area contributed by atoms with Gasteiger partial charge >= 0.3 is 6.03 Å². The average molecular weight is 240 g/mol. The summed E-state index contributed by atoms with van der Waals surface area (Å²) in [5, 5.41) is 0. The molecule has 5 heteroatoms. The van der Waals surface area contributed by atoms with E-state index in [1.165, 1.54) is 6.42 Å². The molecule has 17 heavy (non-hydrogen) atoms. The third kappa shape index (κ3) is 2.55. The molecule has 2 saturated heterocycles. The van der Waals surface area contributed by atoms with Gasteiger partial charge in [-0.3, -0.25) is 0 Å². The predicted octanol–water partition coefficient (Wildman–Crippen LogP) is 0.0213. The SMILES string of the molecule is CC(N)CN1CC(C2CCN(C)C2)N(C)C1=O. The second-order valence-corrected chi connectivity index (χ2v) is 5.65. The molecule has 0 aromatic heterocycles. The highest BCUT2D eigenvalue weighted by Gasteiger charge is 2.40. The molecule has 2 aliphatic heterocycles. The van der Waals surface area contributed by atoms with Gasteiger partial charge < -0.3 is 20.4 Å². The maximum Gasteiger partial charge on any atom is 0.320 e. The smallest absolute Gasteiger partial charge is 0.320 e. The normalized spacial score (nSPS) is 32.6. The van der Waals surface area contributed by atoms with Crippen LogP contribution in [0, 0.1) is 5.92 Å². The summed E-state index contributed by atoms with van der Waals surface area (Å²) in [5.41, 5.74) is 5.78. The number of amides is 2. The summed E-state index contributed by atoms with van der Waals surface area (Å²) in [5.74, 6) is 0.618. The van der Waals surface area contributed by atoms with Crippen LogP contribution < -0.4 is 5.73 Å². The number of likely N-dealkylation sites (N-methyl/N-ethyl adjacent to an activating group) is 1. The lowest BCUT2D eigenvalue weighted by atomic mass is 9.99. The van der Waals surface area contributed by atoms with Crippen LogP contribution in [0.1, 0.15) is 13.3 Å². The summed E-state index contributed by atoms with van der Waals surface area (Å²) in [6, 6.07) is 0.561. The zero-order valence-electron chi connectivity index (χ0n) is 11.1. The monoisotopic (exact) mass is 240 g/mol. The van der Waals surface area contributed by atoms with Gasteiger partial charge in [-0.05, 0) is 32.9 Å². The highest BCUT2D eigenvalue weighted by Crippen LogP contribution is 2.27. The molecule has 0 aromatic carbocycles. The largest absolute Gasteiger partial charge is 0.326 e. The Bertz CT molecular complexity index is 294. The molecule has 0 aromatic rings. The summed E-state index contributed by atoms with van der Waals surface area (Å²) in [6.45, 7) is 5.71. The maximum atomic E-state index is 12.1. The summed E-state index contributed by atoms with van der Waals surface area (Å²) < 4.78 is 0. The van der Waals surface area contributed by atoms with Crippen LogP contribution in [0.4, 0.5) is 4.79 Å². The fourth-order valence-corrected chi connectivity index (χ4v) is 3.04. The van der Waals surface area contributed by atoms with Gasteiger partial charge in [0.2, 0.25) is 0 Å². The molecule has 2 N–H and O–H groups in total. The first-order valence-electron chi connectivity index (χ1n) is 6.45. The first-order valence-corrected chi connectivity index (χ1v) is 6.45. The molecule has 98 valence electrons. The lowest BCUT2D eigenvalue weighted by molar-refractivity contribution is 0.188. The van der Waals surface area contributed by atoms with Crippen LogP contribution in [0.25, 0.3) is 0 Å². The van der Waals surface area contributed by atoms with Gasteiger partial charge in [0, 0.05) is 32.7 Å². The van der Waals surface area contributed by atoms with Crippen molar-refractivity contribution in [1.82, 2.24) is 14.7 Å². The number of rotatable bonds is 3. The van der Waals surface area contributed by atoms with E-state index in [1.54, 1.807) is 0 Å². The molecule has 3 unspecified atom stereocenters. The number of carbonyl (C=O) groups is 1. The van der Waals surface area contributed by atoms with Crippen LogP contribution >= 0.6 is 0 Å². The Morgan fingerprint density at radius 1 is 1.41 bits per heavy atom. The fourth-order valence-electron chi connectivity index (χ4n) is 3.04. The van der Waals surface area contributed by atoms with Gasteiger partial charge in [0.25, 0.3) is 0 Å². The number of urea groups is 1. The minimum atomic E-state index is 0.0531. The minimum absolute atomic E-state index is 0.0531. The molecule has 3 atom stereocenters. The fraction of sp³-hybridized carbons (Fsp3) is 0.917. The Hall–Kier alpha value is -0.810. The first-order chi connectivity index (χ1) is 7.99. The predicted molar refractivity (Wildman–Crippen MR) is 67.8 cm³/mol. The van der Waals surface area contributed by atoms with Gasteiger partial charge in [0.15, 0.2) is 0 Å². The van der Waals surface area contributed by atoms with Gasteiger partial charge in [-0.25, -0.2) is 4.79 Å². The molecular weight excluding hydrogens is 216 g/mol. The maximum absolute atomic E-state index is 12.1. The number of nitrogens with zero attached hydrogens (tertiary/aromatic N) is 3. The molecule has 5 nitrogen and oxygen atoms in total. The minimum Gasteiger partial charge on any atom is -0.326 e. The second kappa shape index (κ2) is 4.82. The van der Waals surface area contributed by atoms with Crippen LogP contribution in [0.15, 0.2) is 0 Å². The van der Waals surface area contributed by atoms with E-state index in [0.29, 0.717) is 18.5 Å². The first kappa shape index (κ1) is 12.6. The summed E-state index contributed by atoms with van der Waals surface area (Å²) in [4.78, 5) is 18.2. The molecule has 0 aliphatic carbocycles. The molecular formula is C12H24N4O. The number of hydrogen-bond acceptors (Lipinski definition) is 3. The topological polar surface area (TPSA) is 52.8 Å². The van der Waals surface area contributed by atoms with Gasteiger partial charge in [-0.15, -0.1) is 0 Å². The van der Waals surface area contributed by atoms with Crippen LogP contribution in [-0.2, 0) is 0 Å². The van der Waals surface area contributed by atoms with E-state index in [4.69, 9.17) is 5.73 Å². The van der Waals surface area contributed by atoms with Crippen molar-refractivity contribution in [3.8, 4) is 0 Å². The average Bonchev–Trinajstić information content (AvgIpc) is 2.77. The zero-order chi connectivity index (χ0) is 12.6. The summed E-state index contributed by atoms with van der Waals surface area (Å²) in [7, 11) is 4.07. The zero-order valence-corrected chi connectivity index (χ0v) is 11.1. The third-order valence-electron chi connectivity index (χ3n) is 3.96. The summed E-state index contributed by atoms with van der Waals surface area (Å²) in [6.07, 6.45) is 1.20. The van der Waals surface area contributed by atoms with Gasteiger partial charge in [-0.2, -0.15) is 0 Å². The number of likely N-dealkylation sites (tertiary alicyclic amines) is 1. The molecule has 0 bridgehead atoms. The number of carbonyl (C=O) groups excluding carboxylic acids is 1. The highest BCUT2D eigenvalue weighted by atomic mass is 16.2. The van der Waals surface area contributed by atoms with E-state index >= 15 is 0 Å². The van der Waals surface area contributed by atoms with Crippen molar-refractivity contribution in [2.24, 2.45) is 11.7 Å². The molecule has 0 saturated carbocycles. The van der Waals surface area contributed by atoms with Crippen molar-refractivity contribution in [3.63, 3.8) is 0 Å². The third-order valence-corrected chi connectivity index (χ3v) is 3.96. The highest BCUT2D eigenvalue weighted by molar-refractivity contribution is 5.77. The van der Waals surface area contributed by atoms with Crippen LogP contribution in [0.3, 0.4) is 0 Å². The Kier molecular flexibility index (Phi) is 3.58.